The Hall–Kier alpha value is -2.49. The number of rotatable bonds is 1. The Morgan fingerprint density at radius 2 is 1.83 bits per heavy atom. The molecular formula is C14H11N3O. The summed E-state index contributed by atoms with van der Waals surface area (Å²) in [6, 6.07) is 11.2. The first-order chi connectivity index (χ1) is 8.75. The smallest absolute Gasteiger partial charge is 0.193 e. The summed E-state index contributed by atoms with van der Waals surface area (Å²) in [5, 5.41) is 0.536. The Morgan fingerprint density at radius 1 is 1.06 bits per heavy atom. The highest BCUT2D eigenvalue weighted by atomic mass is 16.1. The minimum absolute atomic E-state index is 0.0670. The number of hydrogen-bond acceptors (Lipinski definition) is 3. The third-order valence-corrected chi connectivity index (χ3v) is 2.77. The van der Waals surface area contributed by atoms with E-state index in [1.807, 2.05) is 37.3 Å². The van der Waals surface area contributed by atoms with Crippen LogP contribution in [0.3, 0.4) is 0 Å². The zero-order valence-corrected chi connectivity index (χ0v) is 9.84. The summed E-state index contributed by atoms with van der Waals surface area (Å²) < 4.78 is 0. The number of pyridine rings is 1. The molecule has 0 amide bonds. The Balaban J connectivity index is 2.45. The summed E-state index contributed by atoms with van der Waals surface area (Å²) in [6.45, 7) is 1.82. The molecule has 0 atom stereocenters. The summed E-state index contributed by atoms with van der Waals surface area (Å²) in [5.74, 6) is 0.642. The summed E-state index contributed by atoms with van der Waals surface area (Å²) in [5.41, 5.74) is 2.11. The number of benzene rings is 1. The van der Waals surface area contributed by atoms with Gasteiger partial charge in [0.15, 0.2) is 5.43 Å². The molecule has 88 valence electrons. The van der Waals surface area contributed by atoms with Gasteiger partial charge in [-0.05, 0) is 6.92 Å². The van der Waals surface area contributed by atoms with Crippen molar-refractivity contribution in [2.45, 2.75) is 6.92 Å². The van der Waals surface area contributed by atoms with E-state index in [-0.39, 0.29) is 5.43 Å². The highest BCUT2D eigenvalue weighted by Crippen LogP contribution is 2.22. The van der Waals surface area contributed by atoms with Crippen molar-refractivity contribution in [1.29, 1.82) is 0 Å². The quantitative estimate of drug-likeness (QED) is 0.706. The van der Waals surface area contributed by atoms with E-state index in [2.05, 4.69) is 15.0 Å². The van der Waals surface area contributed by atoms with Crippen molar-refractivity contribution in [3.05, 3.63) is 58.6 Å². The van der Waals surface area contributed by atoms with Crippen LogP contribution in [0.25, 0.3) is 22.3 Å². The molecule has 0 aliphatic carbocycles. The van der Waals surface area contributed by atoms with Crippen LogP contribution in [0.4, 0.5) is 0 Å². The number of hydrogen-bond donors (Lipinski definition) is 1. The van der Waals surface area contributed by atoms with Crippen LogP contribution in [-0.2, 0) is 0 Å². The maximum atomic E-state index is 12.0. The number of nitrogens with zero attached hydrogens (tertiary/aromatic N) is 2. The van der Waals surface area contributed by atoms with Crippen molar-refractivity contribution in [2.75, 3.05) is 0 Å². The van der Waals surface area contributed by atoms with Crippen molar-refractivity contribution >= 4 is 11.0 Å². The summed E-state index contributed by atoms with van der Waals surface area (Å²) in [6.07, 6.45) is 1.60. The largest absolute Gasteiger partial charge is 0.346 e. The summed E-state index contributed by atoms with van der Waals surface area (Å²) >= 11 is 0. The maximum absolute atomic E-state index is 12.0. The summed E-state index contributed by atoms with van der Waals surface area (Å²) in [4.78, 5) is 23.6. The lowest BCUT2D eigenvalue weighted by Gasteiger charge is -2.05. The van der Waals surface area contributed by atoms with Crippen molar-refractivity contribution in [2.24, 2.45) is 0 Å². The minimum atomic E-state index is -0.0670. The van der Waals surface area contributed by atoms with Crippen LogP contribution < -0.4 is 5.43 Å². The van der Waals surface area contributed by atoms with Gasteiger partial charge >= 0.3 is 0 Å². The standard InChI is InChI=1S/C14H11N3O/c1-9-16-13(10-5-3-2-4-6-10)12-11(18)7-8-15-14(12)17-9/h2-8H,1H3,(H,15,16,17,18). The van der Waals surface area contributed by atoms with Crippen LogP contribution in [0.1, 0.15) is 5.82 Å². The molecule has 0 saturated carbocycles. The van der Waals surface area contributed by atoms with Gasteiger partial charge in [0.25, 0.3) is 0 Å². The highest BCUT2D eigenvalue weighted by Gasteiger charge is 2.10. The molecule has 2 heterocycles. The van der Waals surface area contributed by atoms with Crippen molar-refractivity contribution in [3.8, 4) is 11.3 Å². The summed E-state index contributed by atoms with van der Waals surface area (Å²) in [7, 11) is 0. The fourth-order valence-corrected chi connectivity index (χ4v) is 1.99. The number of nitrogens with one attached hydrogen (secondary N) is 1. The van der Waals surface area contributed by atoms with E-state index in [0.717, 1.165) is 5.56 Å². The van der Waals surface area contributed by atoms with Gasteiger partial charge in [-0.15, -0.1) is 0 Å². The second-order valence-electron chi connectivity index (χ2n) is 4.05. The molecule has 1 N–H and O–H groups in total. The molecule has 0 bridgehead atoms. The van der Waals surface area contributed by atoms with Gasteiger partial charge in [0.2, 0.25) is 0 Å². The monoisotopic (exact) mass is 237 g/mol. The van der Waals surface area contributed by atoms with Gasteiger partial charge in [0, 0.05) is 17.8 Å². The lowest BCUT2D eigenvalue weighted by molar-refractivity contribution is 1.07. The molecule has 0 unspecified atom stereocenters. The molecule has 3 rings (SSSR count). The highest BCUT2D eigenvalue weighted by molar-refractivity contribution is 5.89. The zero-order chi connectivity index (χ0) is 12.5. The number of fused-ring (bicyclic) bond motifs is 1. The molecule has 0 radical (unpaired) electrons. The molecule has 18 heavy (non-hydrogen) atoms. The van der Waals surface area contributed by atoms with Crippen molar-refractivity contribution in [1.82, 2.24) is 15.0 Å². The Bertz CT molecular complexity index is 763. The minimum Gasteiger partial charge on any atom is -0.346 e. The van der Waals surface area contributed by atoms with Crippen LogP contribution in [0.2, 0.25) is 0 Å². The van der Waals surface area contributed by atoms with Gasteiger partial charge in [-0.25, -0.2) is 9.97 Å². The van der Waals surface area contributed by atoms with Gasteiger partial charge in [-0.1, -0.05) is 30.3 Å². The topological polar surface area (TPSA) is 58.6 Å². The lowest BCUT2D eigenvalue weighted by Crippen LogP contribution is -2.06. The van der Waals surface area contributed by atoms with E-state index in [0.29, 0.717) is 22.6 Å². The molecule has 4 nitrogen and oxygen atoms in total. The number of H-pyrrole nitrogens is 1. The first kappa shape index (κ1) is 10.7. The Kier molecular flexibility index (Phi) is 2.41. The molecule has 0 fully saturated rings. The van der Waals surface area contributed by atoms with Gasteiger partial charge in [0.05, 0.1) is 11.1 Å². The van der Waals surface area contributed by atoms with E-state index in [9.17, 15) is 4.79 Å². The molecule has 0 saturated heterocycles. The third-order valence-electron chi connectivity index (χ3n) is 2.77. The molecule has 0 aliphatic heterocycles. The van der Waals surface area contributed by atoms with E-state index in [1.165, 1.54) is 6.07 Å². The number of aromatic amines is 1. The van der Waals surface area contributed by atoms with Crippen LogP contribution in [0.5, 0.6) is 0 Å². The first-order valence-corrected chi connectivity index (χ1v) is 5.67. The predicted molar refractivity (Wildman–Crippen MR) is 70.3 cm³/mol. The fraction of sp³-hybridized carbons (Fsp3) is 0.0714. The molecule has 0 spiro atoms. The first-order valence-electron chi connectivity index (χ1n) is 5.67. The van der Waals surface area contributed by atoms with Gasteiger partial charge in [-0.3, -0.25) is 4.79 Å². The normalized spacial score (nSPS) is 10.7. The molecule has 3 aromatic rings. The van der Waals surface area contributed by atoms with Crippen LogP contribution in [0, 0.1) is 6.92 Å². The predicted octanol–water partition coefficient (Wildman–Crippen LogP) is 2.29. The SMILES string of the molecule is Cc1nc(-c2ccccc2)c2c(=O)cc[nH]c2n1. The van der Waals surface area contributed by atoms with Gasteiger partial charge in [0.1, 0.15) is 11.5 Å². The van der Waals surface area contributed by atoms with Crippen LogP contribution >= 0.6 is 0 Å². The van der Waals surface area contributed by atoms with Gasteiger partial charge in [-0.2, -0.15) is 0 Å². The second kappa shape index (κ2) is 4.07. The molecule has 4 heteroatoms. The van der Waals surface area contributed by atoms with Gasteiger partial charge < -0.3 is 4.98 Å². The second-order valence-corrected chi connectivity index (χ2v) is 4.05. The van der Waals surface area contributed by atoms with Crippen LogP contribution in [-0.4, -0.2) is 15.0 Å². The number of aryl methyl sites for hydroxylation is 1. The maximum Gasteiger partial charge on any atom is 0.193 e. The lowest BCUT2D eigenvalue weighted by atomic mass is 10.1. The average Bonchev–Trinajstić information content (AvgIpc) is 2.39. The average molecular weight is 237 g/mol. The zero-order valence-electron chi connectivity index (χ0n) is 9.84. The molecule has 1 aromatic carbocycles. The molecule has 2 aromatic heterocycles. The third kappa shape index (κ3) is 1.68. The van der Waals surface area contributed by atoms with Crippen molar-refractivity contribution in [3.63, 3.8) is 0 Å². The van der Waals surface area contributed by atoms with E-state index >= 15 is 0 Å². The van der Waals surface area contributed by atoms with E-state index in [1.54, 1.807) is 6.20 Å². The Labute approximate surface area is 103 Å². The fourth-order valence-electron chi connectivity index (χ4n) is 1.99. The van der Waals surface area contributed by atoms with E-state index < -0.39 is 0 Å². The van der Waals surface area contributed by atoms with Crippen molar-refractivity contribution < 1.29 is 0 Å². The number of aromatic nitrogens is 3. The van der Waals surface area contributed by atoms with Crippen LogP contribution in [0.15, 0.2) is 47.4 Å². The Morgan fingerprint density at radius 3 is 2.61 bits per heavy atom. The van der Waals surface area contributed by atoms with E-state index in [4.69, 9.17) is 0 Å². The molecule has 0 aliphatic rings. The molecular weight excluding hydrogens is 226 g/mol.